The van der Waals surface area contributed by atoms with Gasteiger partial charge in [-0.15, -0.1) is 0 Å². The van der Waals surface area contributed by atoms with Crippen molar-refractivity contribution in [1.29, 1.82) is 0 Å². The monoisotopic (exact) mass is 321 g/mol. The molecule has 1 unspecified atom stereocenters. The van der Waals surface area contributed by atoms with E-state index >= 15 is 0 Å². The first-order valence-electron chi connectivity index (χ1n) is 6.44. The highest BCUT2D eigenvalue weighted by Crippen LogP contribution is 2.21. The van der Waals surface area contributed by atoms with Gasteiger partial charge in [-0.1, -0.05) is 53.2 Å². The van der Waals surface area contributed by atoms with E-state index in [-0.39, 0.29) is 11.9 Å². The van der Waals surface area contributed by atoms with E-state index in [1.807, 2.05) is 24.3 Å². The summed E-state index contributed by atoms with van der Waals surface area (Å²) < 4.78 is 14.5. The molecule has 1 nitrogen and oxygen atoms in total. The maximum Gasteiger partial charge on any atom is 0.147 e. The fourth-order valence-electron chi connectivity index (χ4n) is 2.02. The molecule has 2 aromatic rings. The molecule has 0 aliphatic carbocycles. The number of hydrogen-bond donors (Lipinski definition) is 1. The van der Waals surface area contributed by atoms with Gasteiger partial charge in [-0.25, -0.2) is 4.39 Å². The molecular weight excluding hydrogens is 305 g/mol. The predicted molar refractivity (Wildman–Crippen MR) is 81.9 cm³/mol. The van der Waals surface area contributed by atoms with Crippen LogP contribution in [0, 0.1) is 5.82 Å². The van der Waals surface area contributed by atoms with Gasteiger partial charge in [-0.2, -0.15) is 0 Å². The van der Waals surface area contributed by atoms with Gasteiger partial charge in [-0.05, 0) is 36.6 Å². The van der Waals surface area contributed by atoms with Crippen molar-refractivity contribution in [3.8, 4) is 0 Å². The van der Waals surface area contributed by atoms with Crippen LogP contribution in [0.2, 0.25) is 0 Å². The molecule has 2 rings (SSSR count). The van der Waals surface area contributed by atoms with Crippen LogP contribution >= 0.6 is 15.9 Å². The highest BCUT2D eigenvalue weighted by atomic mass is 79.9. The highest BCUT2D eigenvalue weighted by Gasteiger charge is 2.10. The van der Waals surface area contributed by atoms with Crippen molar-refractivity contribution in [3.05, 3.63) is 64.4 Å². The van der Waals surface area contributed by atoms with E-state index in [4.69, 9.17) is 0 Å². The summed E-state index contributed by atoms with van der Waals surface area (Å²) in [4.78, 5) is 0. The Balaban J connectivity index is 2.06. The summed E-state index contributed by atoms with van der Waals surface area (Å²) in [5.41, 5.74) is 1.82. The van der Waals surface area contributed by atoms with Crippen molar-refractivity contribution in [1.82, 2.24) is 0 Å². The Morgan fingerprint density at radius 3 is 2.53 bits per heavy atom. The Kier molecular flexibility index (Phi) is 4.97. The number of anilines is 1. The largest absolute Gasteiger partial charge is 0.380 e. The van der Waals surface area contributed by atoms with E-state index in [1.165, 1.54) is 11.6 Å². The zero-order valence-corrected chi connectivity index (χ0v) is 12.5. The molecule has 19 heavy (non-hydrogen) atoms. The lowest BCUT2D eigenvalue weighted by molar-refractivity contribution is 0.618. The van der Waals surface area contributed by atoms with Crippen LogP contribution in [-0.4, -0.2) is 6.04 Å². The summed E-state index contributed by atoms with van der Waals surface area (Å²) in [7, 11) is 0. The summed E-state index contributed by atoms with van der Waals surface area (Å²) in [6.45, 7) is 2.11. The molecule has 1 atom stereocenters. The molecule has 0 bridgehead atoms. The third-order valence-electron chi connectivity index (χ3n) is 3.11. The molecule has 100 valence electrons. The average Bonchev–Trinajstić information content (AvgIpc) is 2.42. The Morgan fingerprint density at radius 2 is 1.89 bits per heavy atom. The maximum absolute atomic E-state index is 13.8. The standard InChI is InChI=1S/C16H17BrFN/c1-2-14(10-12-6-4-3-5-7-12)19-16-9-8-13(17)11-15(16)18/h3-9,11,14,19H,2,10H2,1H3. The molecule has 0 spiro atoms. The lowest BCUT2D eigenvalue weighted by Crippen LogP contribution is -2.21. The van der Waals surface area contributed by atoms with Gasteiger partial charge in [0.2, 0.25) is 0 Å². The first-order chi connectivity index (χ1) is 9.19. The summed E-state index contributed by atoms with van der Waals surface area (Å²) in [6.07, 6.45) is 1.84. The Morgan fingerprint density at radius 1 is 1.16 bits per heavy atom. The van der Waals surface area contributed by atoms with Gasteiger partial charge in [0.25, 0.3) is 0 Å². The van der Waals surface area contributed by atoms with Gasteiger partial charge < -0.3 is 5.32 Å². The molecule has 0 aliphatic heterocycles. The predicted octanol–water partition coefficient (Wildman–Crippen LogP) is 5.02. The van der Waals surface area contributed by atoms with Crippen LogP contribution in [0.3, 0.4) is 0 Å². The van der Waals surface area contributed by atoms with E-state index < -0.39 is 0 Å². The molecule has 3 heteroatoms. The van der Waals surface area contributed by atoms with Gasteiger partial charge in [0, 0.05) is 10.5 Å². The van der Waals surface area contributed by atoms with Gasteiger partial charge in [0.05, 0.1) is 5.69 Å². The van der Waals surface area contributed by atoms with E-state index in [2.05, 4.69) is 40.3 Å². The molecule has 1 N–H and O–H groups in total. The van der Waals surface area contributed by atoms with E-state index in [1.54, 1.807) is 6.07 Å². The molecule has 2 aromatic carbocycles. The number of hydrogen-bond acceptors (Lipinski definition) is 1. The Bertz CT molecular complexity index is 528. The smallest absolute Gasteiger partial charge is 0.147 e. The summed E-state index contributed by atoms with van der Waals surface area (Å²) in [6, 6.07) is 15.6. The molecule has 0 saturated heterocycles. The third-order valence-corrected chi connectivity index (χ3v) is 3.60. The number of benzene rings is 2. The molecular formula is C16H17BrFN. The lowest BCUT2D eigenvalue weighted by Gasteiger charge is -2.19. The average molecular weight is 322 g/mol. The molecule has 0 fully saturated rings. The normalized spacial score (nSPS) is 12.2. The van der Waals surface area contributed by atoms with E-state index in [0.717, 1.165) is 17.3 Å². The second-order valence-electron chi connectivity index (χ2n) is 4.56. The third kappa shape index (κ3) is 4.06. The van der Waals surface area contributed by atoms with Crippen molar-refractivity contribution in [2.75, 3.05) is 5.32 Å². The maximum atomic E-state index is 13.8. The van der Waals surface area contributed by atoms with Crippen LogP contribution < -0.4 is 5.32 Å². The molecule has 0 heterocycles. The van der Waals surface area contributed by atoms with Gasteiger partial charge in [0.15, 0.2) is 0 Å². The highest BCUT2D eigenvalue weighted by molar-refractivity contribution is 9.10. The SMILES string of the molecule is CCC(Cc1ccccc1)Nc1ccc(Br)cc1F. The van der Waals surface area contributed by atoms with Crippen LogP contribution in [0.15, 0.2) is 53.0 Å². The fourth-order valence-corrected chi connectivity index (χ4v) is 2.36. The first-order valence-corrected chi connectivity index (χ1v) is 7.24. The van der Waals surface area contributed by atoms with E-state index in [9.17, 15) is 4.39 Å². The molecule has 0 radical (unpaired) electrons. The minimum atomic E-state index is -0.221. The molecule has 0 saturated carbocycles. The van der Waals surface area contributed by atoms with Crippen molar-refractivity contribution < 1.29 is 4.39 Å². The van der Waals surface area contributed by atoms with Crippen molar-refractivity contribution in [3.63, 3.8) is 0 Å². The van der Waals surface area contributed by atoms with Gasteiger partial charge >= 0.3 is 0 Å². The second-order valence-corrected chi connectivity index (χ2v) is 5.48. The van der Waals surface area contributed by atoms with E-state index in [0.29, 0.717) is 5.69 Å². The Labute approximate surface area is 122 Å². The fraction of sp³-hybridized carbons (Fsp3) is 0.250. The van der Waals surface area contributed by atoms with Crippen LogP contribution in [-0.2, 0) is 6.42 Å². The summed E-state index contributed by atoms with van der Waals surface area (Å²) >= 11 is 3.27. The van der Waals surface area contributed by atoms with Crippen LogP contribution in [0.1, 0.15) is 18.9 Å². The number of rotatable bonds is 5. The van der Waals surface area contributed by atoms with Crippen molar-refractivity contribution >= 4 is 21.6 Å². The van der Waals surface area contributed by atoms with Crippen LogP contribution in [0.25, 0.3) is 0 Å². The van der Waals surface area contributed by atoms with Crippen molar-refractivity contribution in [2.24, 2.45) is 0 Å². The van der Waals surface area contributed by atoms with Crippen LogP contribution in [0.4, 0.5) is 10.1 Å². The van der Waals surface area contributed by atoms with Gasteiger partial charge in [-0.3, -0.25) is 0 Å². The zero-order valence-electron chi connectivity index (χ0n) is 10.9. The molecule has 0 amide bonds. The van der Waals surface area contributed by atoms with Crippen LogP contribution in [0.5, 0.6) is 0 Å². The molecule has 0 aromatic heterocycles. The molecule has 0 aliphatic rings. The second kappa shape index (κ2) is 6.71. The number of nitrogens with one attached hydrogen (secondary N) is 1. The first kappa shape index (κ1) is 14.1. The number of halogens is 2. The van der Waals surface area contributed by atoms with Crippen molar-refractivity contribution in [2.45, 2.75) is 25.8 Å². The summed E-state index contributed by atoms with van der Waals surface area (Å²) in [5.74, 6) is -0.221. The van der Waals surface area contributed by atoms with Gasteiger partial charge in [0.1, 0.15) is 5.82 Å². The minimum absolute atomic E-state index is 0.221. The minimum Gasteiger partial charge on any atom is -0.380 e. The topological polar surface area (TPSA) is 12.0 Å². The lowest BCUT2D eigenvalue weighted by atomic mass is 10.0. The zero-order chi connectivity index (χ0) is 13.7. The summed E-state index contributed by atoms with van der Waals surface area (Å²) in [5, 5.41) is 3.28. The Hall–Kier alpha value is -1.35. The quantitative estimate of drug-likeness (QED) is 0.815.